The van der Waals surface area contributed by atoms with Crippen LogP contribution in [0.4, 0.5) is 0 Å². The number of benzene rings is 2. The number of ketones is 1. The second-order valence-corrected chi connectivity index (χ2v) is 6.93. The number of hydrogen-bond donors (Lipinski definition) is 1. The van der Waals surface area contributed by atoms with Gasteiger partial charge in [-0.25, -0.2) is 0 Å². The number of aliphatic hydroxyl groups is 1. The molecule has 0 heterocycles. The molecule has 0 saturated carbocycles. The van der Waals surface area contributed by atoms with Crippen molar-refractivity contribution in [3.05, 3.63) is 83.6 Å². The first-order valence-electron chi connectivity index (χ1n) is 9.41. The maximum Gasteiger partial charge on any atom is 0.231 e. The van der Waals surface area contributed by atoms with E-state index in [2.05, 4.69) is 0 Å². The molecule has 0 unspecified atom stereocenters. The largest absolute Gasteiger partial charge is 0.485 e. The van der Waals surface area contributed by atoms with Gasteiger partial charge in [0.15, 0.2) is 11.4 Å². The lowest BCUT2D eigenvalue weighted by Gasteiger charge is -2.28. The van der Waals surface area contributed by atoms with Crippen LogP contribution in [0.2, 0.25) is 0 Å². The molecular formula is C23H26O4. The number of carbonyl (C=O) groups is 1. The number of rotatable bonds is 9. The summed E-state index contributed by atoms with van der Waals surface area (Å²) in [5.41, 5.74) is 0.428. The summed E-state index contributed by atoms with van der Waals surface area (Å²) in [6.45, 7) is 2.65. The van der Waals surface area contributed by atoms with Crippen LogP contribution in [0.25, 0.3) is 0 Å². The van der Waals surface area contributed by atoms with Gasteiger partial charge in [-0.05, 0) is 23.6 Å². The zero-order valence-electron chi connectivity index (χ0n) is 15.6. The number of Topliss-reactive ketones (excluding diaryl/α,β-unsaturated/α-hetero) is 1. The Morgan fingerprint density at radius 2 is 1.56 bits per heavy atom. The molecule has 4 nitrogen and oxygen atoms in total. The van der Waals surface area contributed by atoms with Gasteiger partial charge in [0.05, 0.1) is 13.2 Å². The molecule has 0 radical (unpaired) electrons. The minimum absolute atomic E-state index is 0.0416. The first kappa shape index (κ1) is 19.3. The van der Waals surface area contributed by atoms with E-state index in [-0.39, 0.29) is 24.1 Å². The van der Waals surface area contributed by atoms with E-state index in [0.717, 1.165) is 17.5 Å². The molecule has 0 bridgehead atoms. The second-order valence-electron chi connectivity index (χ2n) is 6.93. The summed E-state index contributed by atoms with van der Waals surface area (Å²) in [6, 6.07) is 19.4. The molecular weight excluding hydrogens is 340 g/mol. The lowest BCUT2D eigenvalue weighted by molar-refractivity contribution is -0.147. The van der Waals surface area contributed by atoms with Crippen LogP contribution < -0.4 is 0 Å². The molecule has 0 aromatic heterocycles. The number of hydrogen-bond acceptors (Lipinski definition) is 4. The first-order valence-corrected chi connectivity index (χ1v) is 9.41. The van der Waals surface area contributed by atoms with Crippen LogP contribution >= 0.6 is 0 Å². The van der Waals surface area contributed by atoms with Crippen LogP contribution in [0.15, 0.2) is 72.5 Å². The molecule has 142 valence electrons. The quantitative estimate of drug-likeness (QED) is 0.728. The molecule has 27 heavy (non-hydrogen) atoms. The van der Waals surface area contributed by atoms with Gasteiger partial charge >= 0.3 is 0 Å². The summed E-state index contributed by atoms with van der Waals surface area (Å²) in [5.74, 6) is -0.440. The normalized spacial score (nSPS) is 21.9. The molecule has 0 aliphatic heterocycles. The van der Waals surface area contributed by atoms with Crippen LogP contribution in [0.1, 0.15) is 30.9 Å². The Kier molecular flexibility index (Phi) is 6.43. The Balaban J connectivity index is 1.63. The summed E-state index contributed by atoms with van der Waals surface area (Å²) in [4.78, 5) is 12.9. The van der Waals surface area contributed by atoms with Crippen molar-refractivity contribution in [1.29, 1.82) is 0 Å². The van der Waals surface area contributed by atoms with Crippen molar-refractivity contribution in [3.63, 3.8) is 0 Å². The molecule has 4 heteroatoms. The maximum atomic E-state index is 12.9. The van der Waals surface area contributed by atoms with Crippen molar-refractivity contribution in [2.24, 2.45) is 5.92 Å². The highest BCUT2D eigenvalue weighted by Crippen LogP contribution is 2.36. The second kappa shape index (κ2) is 8.98. The average molecular weight is 366 g/mol. The van der Waals surface area contributed by atoms with Crippen molar-refractivity contribution in [3.8, 4) is 0 Å². The van der Waals surface area contributed by atoms with E-state index in [1.54, 1.807) is 6.08 Å². The van der Waals surface area contributed by atoms with Gasteiger partial charge in [0.1, 0.15) is 6.61 Å². The first-order chi connectivity index (χ1) is 13.1. The van der Waals surface area contributed by atoms with E-state index in [4.69, 9.17) is 9.47 Å². The third-order valence-electron chi connectivity index (χ3n) is 4.85. The summed E-state index contributed by atoms with van der Waals surface area (Å²) >= 11 is 0. The van der Waals surface area contributed by atoms with Gasteiger partial charge in [0.2, 0.25) is 5.78 Å². The topological polar surface area (TPSA) is 55.8 Å². The lowest BCUT2D eigenvalue weighted by atomic mass is 9.87. The molecule has 2 atom stereocenters. The molecule has 1 N–H and O–H groups in total. The fourth-order valence-corrected chi connectivity index (χ4v) is 3.33. The predicted octanol–water partition coefficient (Wildman–Crippen LogP) is 4.03. The van der Waals surface area contributed by atoms with Gasteiger partial charge in [-0.3, -0.25) is 4.79 Å². The molecule has 0 fully saturated rings. The van der Waals surface area contributed by atoms with E-state index in [9.17, 15) is 9.90 Å². The summed E-state index contributed by atoms with van der Waals surface area (Å²) < 4.78 is 11.4. The molecule has 2 aromatic carbocycles. The Morgan fingerprint density at radius 1 is 0.963 bits per heavy atom. The highest BCUT2D eigenvalue weighted by Gasteiger charge is 2.50. The highest BCUT2D eigenvalue weighted by molar-refractivity contribution is 6.03. The molecule has 0 saturated heterocycles. The van der Waals surface area contributed by atoms with Crippen molar-refractivity contribution < 1.29 is 19.4 Å². The van der Waals surface area contributed by atoms with E-state index in [0.29, 0.717) is 19.6 Å². The average Bonchev–Trinajstić information content (AvgIpc) is 2.93. The van der Waals surface area contributed by atoms with Crippen LogP contribution in [0.5, 0.6) is 0 Å². The third kappa shape index (κ3) is 4.65. The fourth-order valence-electron chi connectivity index (χ4n) is 3.33. The van der Waals surface area contributed by atoms with E-state index in [1.807, 2.05) is 67.6 Å². The molecule has 1 aliphatic rings. The third-order valence-corrected chi connectivity index (χ3v) is 4.85. The Hall–Kier alpha value is -2.43. The van der Waals surface area contributed by atoms with Crippen molar-refractivity contribution in [1.82, 2.24) is 0 Å². The Morgan fingerprint density at radius 3 is 2.15 bits per heavy atom. The van der Waals surface area contributed by atoms with Crippen molar-refractivity contribution in [2.75, 3.05) is 6.61 Å². The van der Waals surface area contributed by atoms with E-state index >= 15 is 0 Å². The highest BCUT2D eigenvalue weighted by atomic mass is 16.5. The standard InChI is InChI=1S/C23H26O4/c1-2-9-20-14-21(27-16-19-12-7-4-8-13-19)22(24)23(20,25)17-26-15-18-10-5-3-6-11-18/h3-8,10-14,20,25H,2,9,15-17H2,1H3/t20-,23+/m0/s1. The van der Waals surface area contributed by atoms with Gasteiger partial charge in [0, 0.05) is 5.92 Å². The predicted molar refractivity (Wildman–Crippen MR) is 104 cm³/mol. The van der Waals surface area contributed by atoms with Crippen LogP contribution in [0, 0.1) is 5.92 Å². The number of ether oxygens (including phenoxy) is 2. The molecule has 2 aromatic rings. The minimum atomic E-state index is -1.56. The van der Waals surface area contributed by atoms with Crippen molar-refractivity contribution >= 4 is 5.78 Å². The molecule has 3 rings (SSSR count). The minimum Gasteiger partial charge on any atom is -0.485 e. The Labute approximate surface area is 160 Å². The van der Waals surface area contributed by atoms with Gasteiger partial charge in [0.25, 0.3) is 0 Å². The zero-order valence-corrected chi connectivity index (χ0v) is 15.6. The van der Waals surface area contributed by atoms with Crippen molar-refractivity contribution in [2.45, 2.75) is 38.6 Å². The number of carbonyl (C=O) groups excluding carboxylic acids is 1. The monoisotopic (exact) mass is 366 g/mol. The summed E-state index contributed by atoms with van der Waals surface area (Å²) in [5, 5.41) is 11.1. The SMILES string of the molecule is CCC[C@H]1C=C(OCc2ccccc2)C(=O)[C@@]1(O)COCc1ccccc1. The van der Waals surface area contributed by atoms with Gasteiger partial charge < -0.3 is 14.6 Å². The summed E-state index contributed by atoms with van der Waals surface area (Å²) in [6.07, 6.45) is 3.33. The molecule has 0 spiro atoms. The van der Waals surface area contributed by atoms with Gasteiger partial charge in [-0.15, -0.1) is 0 Å². The Bertz CT molecular complexity index is 769. The fraction of sp³-hybridized carbons (Fsp3) is 0.348. The van der Waals surface area contributed by atoms with E-state index in [1.165, 1.54) is 0 Å². The molecule has 0 amide bonds. The van der Waals surface area contributed by atoms with Crippen LogP contribution in [-0.2, 0) is 27.5 Å². The lowest BCUT2D eigenvalue weighted by Crippen LogP contribution is -2.46. The molecule has 1 aliphatic carbocycles. The summed E-state index contributed by atoms with van der Waals surface area (Å²) in [7, 11) is 0. The van der Waals surface area contributed by atoms with Crippen LogP contribution in [-0.4, -0.2) is 23.1 Å². The van der Waals surface area contributed by atoms with Crippen LogP contribution in [0.3, 0.4) is 0 Å². The smallest absolute Gasteiger partial charge is 0.231 e. The zero-order chi connectivity index (χ0) is 19.1. The van der Waals surface area contributed by atoms with Gasteiger partial charge in [-0.1, -0.05) is 74.0 Å². The maximum absolute atomic E-state index is 12.9. The van der Waals surface area contributed by atoms with E-state index < -0.39 is 5.60 Å². The van der Waals surface area contributed by atoms with Gasteiger partial charge in [-0.2, -0.15) is 0 Å².